The summed E-state index contributed by atoms with van der Waals surface area (Å²) in [5.74, 6) is 0.0853. The van der Waals surface area contributed by atoms with Crippen LogP contribution in [0.5, 0.6) is 0 Å². The number of benzene rings is 1. The summed E-state index contributed by atoms with van der Waals surface area (Å²) in [7, 11) is 0. The van der Waals surface area contributed by atoms with Crippen molar-refractivity contribution in [2.24, 2.45) is 5.92 Å². The molecule has 1 saturated carbocycles. The first-order chi connectivity index (χ1) is 11.1. The Morgan fingerprint density at radius 3 is 2.35 bits per heavy atom. The second-order valence-corrected chi connectivity index (χ2v) is 5.82. The Hall–Kier alpha value is -2.69. The van der Waals surface area contributed by atoms with Gasteiger partial charge in [0.25, 0.3) is 5.91 Å². The van der Waals surface area contributed by atoms with Gasteiger partial charge in [-0.2, -0.15) is 0 Å². The standard InChI is InChI=1S/C18H19N3O2/c1-12(13-8-10-19-11-9-13)20-17(22)15-4-6-16(7-5-15)21-18(23)14-2-3-14/h4-12,14H,2-3H2,1H3,(H,20,22)(H,21,23)/t12-/m1/s1. The third kappa shape index (κ3) is 3.94. The minimum absolute atomic E-state index is 0.0634. The predicted molar refractivity (Wildman–Crippen MR) is 87.9 cm³/mol. The highest BCUT2D eigenvalue weighted by atomic mass is 16.2. The van der Waals surface area contributed by atoms with E-state index in [-0.39, 0.29) is 23.8 Å². The molecule has 1 fully saturated rings. The van der Waals surface area contributed by atoms with E-state index in [0.29, 0.717) is 5.56 Å². The topological polar surface area (TPSA) is 71.1 Å². The molecule has 0 unspecified atom stereocenters. The van der Waals surface area contributed by atoms with Gasteiger partial charge in [0.1, 0.15) is 0 Å². The molecule has 118 valence electrons. The average molecular weight is 309 g/mol. The highest BCUT2D eigenvalue weighted by molar-refractivity contribution is 5.96. The molecule has 0 saturated heterocycles. The van der Waals surface area contributed by atoms with Crippen LogP contribution in [0.15, 0.2) is 48.8 Å². The molecule has 1 atom stereocenters. The lowest BCUT2D eigenvalue weighted by Gasteiger charge is -2.14. The van der Waals surface area contributed by atoms with Crippen molar-refractivity contribution in [3.8, 4) is 0 Å². The molecule has 1 aliphatic rings. The van der Waals surface area contributed by atoms with Gasteiger partial charge in [0.2, 0.25) is 5.91 Å². The van der Waals surface area contributed by atoms with Crippen LogP contribution in [0.1, 0.15) is 41.7 Å². The molecule has 0 radical (unpaired) electrons. The summed E-state index contributed by atoms with van der Waals surface area (Å²) in [6.07, 6.45) is 5.35. The van der Waals surface area contributed by atoms with E-state index in [0.717, 1.165) is 24.1 Å². The first-order valence-corrected chi connectivity index (χ1v) is 7.75. The zero-order valence-corrected chi connectivity index (χ0v) is 13.0. The van der Waals surface area contributed by atoms with E-state index in [1.54, 1.807) is 36.7 Å². The van der Waals surface area contributed by atoms with Gasteiger partial charge < -0.3 is 10.6 Å². The summed E-state index contributed by atoms with van der Waals surface area (Å²) in [5, 5.41) is 5.81. The number of aromatic nitrogens is 1. The lowest BCUT2D eigenvalue weighted by Crippen LogP contribution is -2.26. The number of anilines is 1. The monoisotopic (exact) mass is 309 g/mol. The van der Waals surface area contributed by atoms with E-state index in [9.17, 15) is 9.59 Å². The van der Waals surface area contributed by atoms with Gasteiger partial charge in [-0.05, 0) is 61.7 Å². The third-order valence-electron chi connectivity index (χ3n) is 3.92. The molecule has 2 amide bonds. The molecule has 1 aromatic heterocycles. The smallest absolute Gasteiger partial charge is 0.251 e. The number of amides is 2. The van der Waals surface area contributed by atoms with E-state index in [1.165, 1.54) is 0 Å². The summed E-state index contributed by atoms with van der Waals surface area (Å²) < 4.78 is 0. The Morgan fingerprint density at radius 1 is 1.09 bits per heavy atom. The van der Waals surface area contributed by atoms with Crippen LogP contribution in [0.3, 0.4) is 0 Å². The van der Waals surface area contributed by atoms with Crippen LogP contribution in [0, 0.1) is 5.92 Å². The van der Waals surface area contributed by atoms with Gasteiger partial charge >= 0.3 is 0 Å². The third-order valence-corrected chi connectivity index (χ3v) is 3.92. The molecule has 2 aromatic rings. The minimum atomic E-state index is -0.144. The Kier molecular flexibility index (Phi) is 4.37. The lowest BCUT2D eigenvalue weighted by atomic mass is 10.1. The fraction of sp³-hybridized carbons (Fsp3) is 0.278. The van der Waals surface area contributed by atoms with Crippen molar-refractivity contribution >= 4 is 17.5 Å². The molecule has 5 heteroatoms. The fourth-order valence-corrected chi connectivity index (χ4v) is 2.31. The number of hydrogen-bond acceptors (Lipinski definition) is 3. The molecule has 0 bridgehead atoms. The molecule has 23 heavy (non-hydrogen) atoms. The number of rotatable bonds is 5. The van der Waals surface area contributed by atoms with Crippen LogP contribution in [0.4, 0.5) is 5.69 Å². The van der Waals surface area contributed by atoms with Crippen molar-refractivity contribution in [3.63, 3.8) is 0 Å². The van der Waals surface area contributed by atoms with Crippen LogP contribution in [-0.4, -0.2) is 16.8 Å². The van der Waals surface area contributed by atoms with Gasteiger partial charge in [0, 0.05) is 29.6 Å². The molecule has 1 heterocycles. The highest BCUT2D eigenvalue weighted by Gasteiger charge is 2.29. The zero-order chi connectivity index (χ0) is 16.2. The molecule has 5 nitrogen and oxygen atoms in total. The van der Waals surface area contributed by atoms with Gasteiger partial charge in [-0.3, -0.25) is 14.6 Å². The van der Waals surface area contributed by atoms with Crippen LogP contribution >= 0.6 is 0 Å². The van der Waals surface area contributed by atoms with Crippen molar-refractivity contribution in [1.82, 2.24) is 10.3 Å². The molecule has 0 spiro atoms. The van der Waals surface area contributed by atoms with E-state index < -0.39 is 0 Å². The molecule has 1 aromatic carbocycles. The molecule has 3 rings (SSSR count). The molecule has 2 N–H and O–H groups in total. The Morgan fingerprint density at radius 2 is 1.74 bits per heavy atom. The zero-order valence-electron chi connectivity index (χ0n) is 13.0. The molecular weight excluding hydrogens is 290 g/mol. The van der Waals surface area contributed by atoms with Crippen molar-refractivity contribution in [2.75, 3.05) is 5.32 Å². The summed E-state index contributed by atoms with van der Waals surface area (Å²) in [6, 6.07) is 10.6. The second kappa shape index (κ2) is 6.60. The summed E-state index contributed by atoms with van der Waals surface area (Å²) in [4.78, 5) is 27.9. The minimum Gasteiger partial charge on any atom is -0.346 e. The number of hydrogen-bond donors (Lipinski definition) is 2. The van der Waals surface area contributed by atoms with E-state index in [2.05, 4.69) is 15.6 Å². The van der Waals surface area contributed by atoms with Gasteiger partial charge in [0.05, 0.1) is 6.04 Å². The van der Waals surface area contributed by atoms with Crippen LogP contribution in [-0.2, 0) is 4.79 Å². The quantitative estimate of drug-likeness (QED) is 0.892. The van der Waals surface area contributed by atoms with Crippen LogP contribution in [0.2, 0.25) is 0 Å². The van der Waals surface area contributed by atoms with Crippen LogP contribution < -0.4 is 10.6 Å². The van der Waals surface area contributed by atoms with Gasteiger partial charge in [-0.15, -0.1) is 0 Å². The number of nitrogens with zero attached hydrogens (tertiary/aromatic N) is 1. The van der Waals surface area contributed by atoms with E-state index >= 15 is 0 Å². The van der Waals surface area contributed by atoms with Gasteiger partial charge in [0.15, 0.2) is 0 Å². The second-order valence-electron chi connectivity index (χ2n) is 5.82. The SMILES string of the molecule is C[C@@H](NC(=O)c1ccc(NC(=O)C2CC2)cc1)c1ccncc1. The number of carbonyl (C=O) groups excluding carboxylic acids is 2. The van der Waals surface area contributed by atoms with Crippen molar-refractivity contribution in [1.29, 1.82) is 0 Å². The number of carbonyl (C=O) groups is 2. The Balaban J connectivity index is 1.60. The predicted octanol–water partition coefficient (Wildman–Crippen LogP) is 2.92. The summed E-state index contributed by atoms with van der Waals surface area (Å²) >= 11 is 0. The molecule has 0 aliphatic heterocycles. The summed E-state index contributed by atoms with van der Waals surface area (Å²) in [5.41, 5.74) is 2.29. The van der Waals surface area contributed by atoms with Crippen LogP contribution in [0.25, 0.3) is 0 Å². The maximum atomic E-state index is 12.3. The average Bonchev–Trinajstić information content (AvgIpc) is 3.41. The Labute approximate surface area is 135 Å². The fourth-order valence-electron chi connectivity index (χ4n) is 2.31. The normalized spacial score (nSPS) is 14.8. The van der Waals surface area contributed by atoms with Gasteiger partial charge in [-0.1, -0.05) is 0 Å². The largest absolute Gasteiger partial charge is 0.346 e. The van der Waals surface area contributed by atoms with E-state index in [4.69, 9.17) is 0 Å². The summed E-state index contributed by atoms with van der Waals surface area (Å²) in [6.45, 7) is 1.93. The lowest BCUT2D eigenvalue weighted by molar-refractivity contribution is -0.117. The number of pyridine rings is 1. The van der Waals surface area contributed by atoms with Gasteiger partial charge in [-0.25, -0.2) is 0 Å². The molecule has 1 aliphatic carbocycles. The Bertz CT molecular complexity index is 694. The number of nitrogens with one attached hydrogen (secondary N) is 2. The first kappa shape index (κ1) is 15.2. The van der Waals surface area contributed by atoms with Crippen molar-refractivity contribution in [2.45, 2.75) is 25.8 Å². The van der Waals surface area contributed by atoms with E-state index in [1.807, 2.05) is 19.1 Å². The maximum absolute atomic E-state index is 12.3. The van der Waals surface area contributed by atoms with Crippen molar-refractivity contribution < 1.29 is 9.59 Å². The highest BCUT2D eigenvalue weighted by Crippen LogP contribution is 2.30. The van der Waals surface area contributed by atoms with Crippen molar-refractivity contribution in [3.05, 3.63) is 59.9 Å². The molecular formula is C18H19N3O2. The maximum Gasteiger partial charge on any atom is 0.251 e. The first-order valence-electron chi connectivity index (χ1n) is 7.75.